The molecule has 0 spiro atoms. The number of fused-ring (bicyclic) bond motifs is 1. The Bertz CT molecular complexity index is 744. The lowest BCUT2D eigenvalue weighted by molar-refractivity contribution is -0.141. The zero-order valence-corrected chi connectivity index (χ0v) is 14.4. The van der Waals surface area contributed by atoms with Gasteiger partial charge in [-0.15, -0.1) is 11.3 Å². The Morgan fingerprint density at radius 2 is 2.17 bits per heavy atom. The van der Waals surface area contributed by atoms with Crippen LogP contribution in [-0.2, 0) is 16.1 Å². The van der Waals surface area contributed by atoms with E-state index in [-0.39, 0.29) is 13.2 Å². The molecule has 0 aliphatic carbocycles. The number of benzene rings is 1. The van der Waals surface area contributed by atoms with Gasteiger partial charge in [0.2, 0.25) is 0 Å². The van der Waals surface area contributed by atoms with Crippen LogP contribution in [0.25, 0.3) is 10.1 Å². The molecule has 2 N–H and O–H groups in total. The van der Waals surface area contributed by atoms with Crippen LogP contribution < -0.4 is 5.32 Å². The third-order valence-corrected chi connectivity index (χ3v) is 4.95. The Morgan fingerprint density at radius 1 is 1.42 bits per heavy atom. The van der Waals surface area contributed by atoms with Crippen molar-refractivity contribution in [2.45, 2.75) is 26.4 Å². The van der Waals surface area contributed by atoms with Gasteiger partial charge >= 0.3 is 5.97 Å². The Balaban J connectivity index is 2.27. The minimum atomic E-state index is -0.934. The second-order valence-electron chi connectivity index (χ2n) is 5.49. The molecule has 2 rings (SSSR count). The molecule has 0 aliphatic heterocycles. The van der Waals surface area contributed by atoms with Gasteiger partial charge in [0.15, 0.2) is 0 Å². The van der Waals surface area contributed by atoms with Gasteiger partial charge in [-0.25, -0.2) is 4.39 Å². The molecule has 0 bridgehead atoms. The van der Waals surface area contributed by atoms with Gasteiger partial charge in [-0.3, -0.25) is 9.59 Å². The van der Waals surface area contributed by atoms with Crippen LogP contribution in [0.3, 0.4) is 0 Å². The Hall–Kier alpha value is -1.99. The number of carbonyl (C=O) groups is 2. The van der Waals surface area contributed by atoms with Gasteiger partial charge in [-0.1, -0.05) is 19.4 Å². The lowest BCUT2D eigenvalue weighted by atomic mass is 10.0. The van der Waals surface area contributed by atoms with Crippen molar-refractivity contribution in [1.29, 1.82) is 0 Å². The van der Waals surface area contributed by atoms with E-state index in [4.69, 9.17) is 9.84 Å². The number of carboxylic acid groups (broad SMARTS) is 1. The van der Waals surface area contributed by atoms with E-state index in [1.807, 2.05) is 6.92 Å². The highest BCUT2D eigenvalue weighted by molar-refractivity contribution is 7.21. The van der Waals surface area contributed by atoms with Gasteiger partial charge in [-0.2, -0.15) is 0 Å². The van der Waals surface area contributed by atoms with Crippen LogP contribution in [0.15, 0.2) is 18.2 Å². The maximum absolute atomic E-state index is 14.1. The number of rotatable bonds is 8. The highest BCUT2D eigenvalue weighted by atomic mass is 32.1. The quantitative estimate of drug-likeness (QED) is 0.762. The van der Waals surface area contributed by atoms with Gasteiger partial charge in [0.25, 0.3) is 5.91 Å². The van der Waals surface area contributed by atoms with Crippen molar-refractivity contribution < 1.29 is 23.8 Å². The van der Waals surface area contributed by atoms with E-state index in [1.54, 1.807) is 12.1 Å². The van der Waals surface area contributed by atoms with E-state index in [0.29, 0.717) is 26.9 Å². The van der Waals surface area contributed by atoms with Gasteiger partial charge in [0.1, 0.15) is 5.82 Å². The number of carboxylic acids is 1. The molecule has 5 nitrogen and oxygen atoms in total. The van der Waals surface area contributed by atoms with Gasteiger partial charge in [-0.05, 0) is 18.6 Å². The molecule has 1 atom stereocenters. The monoisotopic (exact) mass is 353 g/mol. The van der Waals surface area contributed by atoms with Gasteiger partial charge in [0.05, 0.1) is 17.4 Å². The first-order valence-corrected chi connectivity index (χ1v) is 8.51. The summed E-state index contributed by atoms with van der Waals surface area (Å²) in [6.07, 6.45) is 1.21. The number of methoxy groups -OCH3 is 1. The molecule has 1 aromatic carbocycles. The lowest BCUT2D eigenvalue weighted by Gasteiger charge is -2.12. The van der Waals surface area contributed by atoms with E-state index in [1.165, 1.54) is 24.5 Å². The number of aliphatic carboxylic acids is 1. The third kappa shape index (κ3) is 3.91. The summed E-state index contributed by atoms with van der Waals surface area (Å²) in [6, 6.07) is 4.68. The summed E-state index contributed by atoms with van der Waals surface area (Å²) in [5, 5.41) is 12.2. The lowest BCUT2D eigenvalue weighted by Crippen LogP contribution is -2.33. The second kappa shape index (κ2) is 8.21. The number of hydrogen-bond acceptors (Lipinski definition) is 4. The van der Waals surface area contributed by atoms with Crippen molar-refractivity contribution in [2.75, 3.05) is 13.7 Å². The van der Waals surface area contributed by atoms with Crippen molar-refractivity contribution in [2.24, 2.45) is 5.92 Å². The number of thiophene rings is 1. The summed E-state index contributed by atoms with van der Waals surface area (Å²) in [5.41, 5.74) is 0.496. The fourth-order valence-electron chi connectivity index (χ4n) is 2.59. The maximum Gasteiger partial charge on any atom is 0.308 e. The second-order valence-corrected chi connectivity index (χ2v) is 6.54. The predicted molar refractivity (Wildman–Crippen MR) is 90.9 cm³/mol. The normalized spacial score (nSPS) is 12.3. The minimum absolute atomic E-state index is 0.0468. The molecular weight excluding hydrogens is 333 g/mol. The van der Waals surface area contributed by atoms with Gasteiger partial charge < -0.3 is 15.2 Å². The number of amides is 1. The molecule has 1 aromatic heterocycles. The van der Waals surface area contributed by atoms with Gasteiger partial charge in [0, 0.05) is 29.3 Å². The molecule has 1 amide bonds. The highest BCUT2D eigenvalue weighted by Gasteiger charge is 2.23. The Morgan fingerprint density at radius 3 is 2.79 bits per heavy atom. The fourth-order valence-corrected chi connectivity index (χ4v) is 3.73. The first kappa shape index (κ1) is 18.4. The average Bonchev–Trinajstić information content (AvgIpc) is 2.91. The standard InChI is InChI=1S/C17H20FNO4S/c1-3-5-10(17(21)22)8-19-16(20)15-11(9-23-2)14-12(18)6-4-7-13(14)24-15/h4,6-7,10H,3,5,8-9H2,1-2H3,(H,19,20)(H,21,22). The molecule has 0 saturated heterocycles. The van der Waals surface area contributed by atoms with E-state index in [9.17, 15) is 14.0 Å². The minimum Gasteiger partial charge on any atom is -0.481 e. The molecular formula is C17H20FNO4S. The summed E-state index contributed by atoms with van der Waals surface area (Å²) < 4.78 is 19.9. The third-order valence-electron chi connectivity index (χ3n) is 3.75. The summed E-state index contributed by atoms with van der Waals surface area (Å²) in [4.78, 5) is 24.0. The molecule has 0 fully saturated rings. The molecule has 7 heteroatoms. The molecule has 2 aromatic rings. The molecule has 24 heavy (non-hydrogen) atoms. The van der Waals surface area contributed by atoms with E-state index >= 15 is 0 Å². The van der Waals surface area contributed by atoms with E-state index < -0.39 is 23.6 Å². The molecule has 1 unspecified atom stereocenters. The van der Waals surface area contributed by atoms with Crippen molar-refractivity contribution in [3.05, 3.63) is 34.5 Å². The van der Waals surface area contributed by atoms with Crippen molar-refractivity contribution in [3.63, 3.8) is 0 Å². The summed E-state index contributed by atoms with van der Waals surface area (Å²) in [6.45, 7) is 2.05. The highest BCUT2D eigenvalue weighted by Crippen LogP contribution is 2.33. The van der Waals surface area contributed by atoms with E-state index in [2.05, 4.69) is 5.32 Å². The van der Waals surface area contributed by atoms with E-state index in [0.717, 1.165) is 6.42 Å². The molecule has 0 aliphatic rings. The Kier molecular flexibility index (Phi) is 6.28. The first-order chi connectivity index (χ1) is 11.5. The number of carbonyl (C=O) groups excluding carboxylic acids is 1. The summed E-state index contributed by atoms with van der Waals surface area (Å²) in [7, 11) is 1.48. The SMILES string of the molecule is CCCC(CNC(=O)c1sc2cccc(F)c2c1COC)C(=O)O. The summed E-state index contributed by atoms with van der Waals surface area (Å²) >= 11 is 1.18. The van der Waals surface area contributed by atoms with Crippen LogP contribution in [0.1, 0.15) is 35.0 Å². The van der Waals surface area contributed by atoms with Crippen molar-refractivity contribution in [1.82, 2.24) is 5.32 Å². The zero-order valence-electron chi connectivity index (χ0n) is 13.6. The van der Waals surface area contributed by atoms with Crippen LogP contribution >= 0.6 is 11.3 Å². The van der Waals surface area contributed by atoms with Crippen LogP contribution in [0.2, 0.25) is 0 Å². The predicted octanol–water partition coefficient (Wildman–Crippen LogP) is 3.42. The van der Waals surface area contributed by atoms with Crippen molar-refractivity contribution in [3.8, 4) is 0 Å². The number of halogens is 1. The average molecular weight is 353 g/mol. The van der Waals surface area contributed by atoms with Crippen molar-refractivity contribution >= 4 is 33.3 Å². The van der Waals surface area contributed by atoms with Crippen LogP contribution in [-0.4, -0.2) is 30.6 Å². The first-order valence-electron chi connectivity index (χ1n) is 7.69. The Labute approximate surface area is 143 Å². The maximum atomic E-state index is 14.1. The van der Waals surface area contributed by atoms with Crippen LogP contribution in [0.4, 0.5) is 4.39 Å². The topological polar surface area (TPSA) is 75.6 Å². The van der Waals surface area contributed by atoms with Crippen LogP contribution in [0.5, 0.6) is 0 Å². The number of hydrogen-bond donors (Lipinski definition) is 2. The summed E-state index contributed by atoms with van der Waals surface area (Å²) in [5.74, 6) is -2.36. The molecule has 130 valence electrons. The number of ether oxygens (including phenoxy) is 1. The number of nitrogens with one attached hydrogen (secondary N) is 1. The molecule has 0 saturated carbocycles. The largest absolute Gasteiger partial charge is 0.481 e. The molecule has 1 heterocycles. The smallest absolute Gasteiger partial charge is 0.308 e. The molecule has 0 radical (unpaired) electrons. The fraction of sp³-hybridized carbons (Fsp3) is 0.412. The van der Waals surface area contributed by atoms with Crippen LogP contribution in [0, 0.1) is 11.7 Å². The zero-order chi connectivity index (χ0) is 17.7.